The van der Waals surface area contributed by atoms with E-state index in [4.69, 9.17) is 10.5 Å². The lowest BCUT2D eigenvalue weighted by Gasteiger charge is -2.34. The summed E-state index contributed by atoms with van der Waals surface area (Å²) in [6.07, 6.45) is 0. The van der Waals surface area contributed by atoms with Crippen molar-refractivity contribution in [2.24, 2.45) is 5.73 Å². The molecule has 0 aromatic heterocycles. The van der Waals surface area contributed by atoms with Crippen LogP contribution < -0.4 is 5.73 Å². The molecule has 1 heterocycles. The molecule has 1 aromatic rings. The first-order valence-corrected chi connectivity index (χ1v) is 7.63. The van der Waals surface area contributed by atoms with Gasteiger partial charge in [-0.2, -0.15) is 0 Å². The van der Waals surface area contributed by atoms with Crippen LogP contribution in [0.4, 0.5) is 0 Å². The van der Waals surface area contributed by atoms with E-state index in [9.17, 15) is 4.79 Å². The predicted molar refractivity (Wildman–Crippen MR) is 90.4 cm³/mol. The number of rotatable bonds is 6. The van der Waals surface area contributed by atoms with E-state index in [2.05, 4.69) is 4.90 Å². The maximum absolute atomic E-state index is 12.4. The summed E-state index contributed by atoms with van der Waals surface area (Å²) < 4.78 is 5.37. The van der Waals surface area contributed by atoms with Crippen LogP contribution in [-0.4, -0.2) is 61.6 Å². The van der Waals surface area contributed by atoms with Crippen LogP contribution in [-0.2, 0) is 11.3 Å². The van der Waals surface area contributed by atoms with Crippen molar-refractivity contribution < 1.29 is 9.53 Å². The van der Waals surface area contributed by atoms with Crippen molar-refractivity contribution in [3.05, 3.63) is 35.4 Å². The number of hydrogen-bond donors (Lipinski definition) is 1. The van der Waals surface area contributed by atoms with Crippen molar-refractivity contribution in [2.45, 2.75) is 13.5 Å². The summed E-state index contributed by atoms with van der Waals surface area (Å²) >= 11 is 0. The van der Waals surface area contributed by atoms with Crippen LogP contribution in [0.15, 0.2) is 24.3 Å². The highest BCUT2D eigenvalue weighted by Crippen LogP contribution is 2.10. The zero-order chi connectivity index (χ0) is 15.1. The molecule has 0 aliphatic carbocycles. The van der Waals surface area contributed by atoms with Crippen molar-refractivity contribution in [3.63, 3.8) is 0 Å². The van der Waals surface area contributed by atoms with Crippen LogP contribution in [0.3, 0.4) is 0 Å². The summed E-state index contributed by atoms with van der Waals surface area (Å²) in [6, 6.07) is 7.58. The first-order chi connectivity index (χ1) is 10.2. The number of hydrogen-bond acceptors (Lipinski definition) is 4. The van der Waals surface area contributed by atoms with Crippen LogP contribution in [0.25, 0.3) is 0 Å². The topological polar surface area (TPSA) is 58.8 Å². The minimum atomic E-state index is 0. The van der Waals surface area contributed by atoms with Gasteiger partial charge in [-0.3, -0.25) is 9.69 Å². The van der Waals surface area contributed by atoms with E-state index < -0.39 is 0 Å². The van der Waals surface area contributed by atoms with Gasteiger partial charge < -0.3 is 15.4 Å². The molecule has 0 unspecified atom stereocenters. The maximum atomic E-state index is 12.4. The van der Waals surface area contributed by atoms with Crippen LogP contribution in [0.2, 0.25) is 0 Å². The number of carbonyl (C=O) groups excluding carboxylic acids is 1. The van der Waals surface area contributed by atoms with Gasteiger partial charge in [0.1, 0.15) is 0 Å². The molecule has 2 rings (SSSR count). The minimum absolute atomic E-state index is 0. The lowest BCUT2D eigenvalue weighted by molar-refractivity contribution is 0.0565. The molecule has 1 aromatic carbocycles. The lowest BCUT2D eigenvalue weighted by Crippen LogP contribution is -2.49. The molecule has 0 radical (unpaired) electrons. The minimum Gasteiger partial charge on any atom is -0.380 e. The van der Waals surface area contributed by atoms with E-state index in [-0.39, 0.29) is 18.3 Å². The van der Waals surface area contributed by atoms with Gasteiger partial charge in [-0.05, 0) is 24.6 Å². The highest BCUT2D eigenvalue weighted by molar-refractivity contribution is 5.94. The largest absolute Gasteiger partial charge is 0.380 e. The van der Waals surface area contributed by atoms with E-state index in [0.29, 0.717) is 6.54 Å². The van der Waals surface area contributed by atoms with E-state index in [1.807, 2.05) is 36.1 Å². The van der Waals surface area contributed by atoms with Gasteiger partial charge in [0, 0.05) is 51.4 Å². The standard InChI is InChI=1S/C16H25N3O2.ClH/c1-2-21-12-11-18-7-9-19(10-8-18)16(20)15-5-3-14(13-17)4-6-15;/h3-6H,2,7-13,17H2,1H3;1H. The second-order valence-corrected chi connectivity index (χ2v) is 5.23. The first kappa shape index (κ1) is 18.9. The number of amides is 1. The summed E-state index contributed by atoms with van der Waals surface area (Å²) in [6.45, 7) is 8.38. The molecule has 124 valence electrons. The average Bonchev–Trinajstić information content (AvgIpc) is 2.55. The molecule has 1 aliphatic rings. The van der Waals surface area contributed by atoms with Gasteiger partial charge in [0.15, 0.2) is 0 Å². The molecule has 0 saturated carbocycles. The van der Waals surface area contributed by atoms with Crippen molar-refractivity contribution in [1.82, 2.24) is 9.80 Å². The third kappa shape index (κ3) is 5.25. The molecule has 0 spiro atoms. The Kier molecular flexibility index (Phi) is 8.42. The number of benzene rings is 1. The van der Waals surface area contributed by atoms with E-state index in [0.717, 1.165) is 57.1 Å². The van der Waals surface area contributed by atoms with Crippen molar-refractivity contribution in [1.29, 1.82) is 0 Å². The highest BCUT2D eigenvalue weighted by atomic mass is 35.5. The normalized spacial score (nSPS) is 15.5. The molecule has 22 heavy (non-hydrogen) atoms. The number of halogens is 1. The Morgan fingerprint density at radius 1 is 1.18 bits per heavy atom. The first-order valence-electron chi connectivity index (χ1n) is 7.63. The summed E-state index contributed by atoms with van der Waals surface area (Å²) in [5, 5.41) is 0. The highest BCUT2D eigenvalue weighted by Gasteiger charge is 2.21. The third-order valence-corrected chi connectivity index (χ3v) is 3.85. The van der Waals surface area contributed by atoms with Gasteiger partial charge in [0.2, 0.25) is 0 Å². The van der Waals surface area contributed by atoms with Crippen LogP contribution >= 0.6 is 12.4 Å². The van der Waals surface area contributed by atoms with Gasteiger partial charge in [-0.15, -0.1) is 12.4 Å². The summed E-state index contributed by atoms with van der Waals surface area (Å²) in [5.41, 5.74) is 7.37. The molecule has 6 heteroatoms. The van der Waals surface area contributed by atoms with E-state index in [1.165, 1.54) is 0 Å². The molecular formula is C16H26ClN3O2. The zero-order valence-electron chi connectivity index (χ0n) is 13.2. The number of nitrogens with two attached hydrogens (primary N) is 1. The monoisotopic (exact) mass is 327 g/mol. The fraction of sp³-hybridized carbons (Fsp3) is 0.562. The lowest BCUT2D eigenvalue weighted by atomic mass is 10.1. The predicted octanol–water partition coefficient (Wildman–Crippen LogP) is 1.36. The van der Waals surface area contributed by atoms with Crippen LogP contribution in [0.5, 0.6) is 0 Å². The number of piperazine rings is 1. The van der Waals surface area contributed by atoms with Crippen LogP contribution in [0, 0.1) is 0 Å². The molecule has 2 N–H and O–H groups in total. The Morgan fingerprint density at radius 3 is 2.36 bits per heavy atom. The van der Waals surface area contributed by atoms with Crippen molar-refractivity contribution in [2.75, 3.05) is 45.9 Å². The zero-order valence-corrected chi connectivity index (χ0v) is 14.0. The van der Waals surface area contributed by atoms with Crippen LogP contribution in [0.1, 0.15) is 22.8 Å². The quantitative estimate of drug-likeness (QED) is 0.802. The number of carbonyl (C=O) groups is 1. The second kappa shape index (κ2) is 9.79. The van der Waals surface area contributed by atoms with Gasteiger partial charge in [0.25, 0.3) is 5.91 Å². The van der Waals surface area contributed by atoms with Gasteiger partial charge in [-0.1, -0.05) is 12.1 Å². The summed E-state index contributed by atoms with van der Waals surface area (Å²) in [4.78, 5) is 16.7. The van der Waals surface area contributed by atoms with Crippen molar-refractivity contribution in [3.8, 4) is 0 Å². The molecule has 1 aliphatic heterocycles. The number of nitrogens with zero attached hydrogens (tertiary/aromatic N) is 2. The molecule has 1 fully saturated rings. The molecule has 1 amide bonds. The molecule has 1 saturated heterocycles. The summed E-state index contributed by atoms with van der Waals surface area (Å²) in [7, 11) is 0. The Balaban J connectivity index is 0.00000242. The number of ether oxygens (including phenoxy) is 1. The average molecular weight is 328 g/mol. The van der Waals surface area contributed by atoms with Gasteiger partial charge in [-0.25, -0.2) is 0 Å². The fourth-order valence-corrected chi connectivity index (χ4v) is 2.48. The molecule has 0 bridgehead atoms. The van der Waals surface area contributed by atoms with E-state index >= 15 is 0 Å². The maximum Gasteiger partial charge on any atom is 0.253 e. The third-order valence-electron chi connectivity index (χ3n) is 3.85. The second-order valence-electron chi connectivity index (χ2n) is 5.23. The van der Waals surface area contributed by atoms with Gasteiger partial charge in [0.05, 0.1) is 6.61 Å². The fourth-order valence-electron chi connectivity index (χ4n) is 2.48. The van der Waals surface area contributed by atoms with Crippen molar-refractivity contribution >= 4 is 18.3 Å². The Morgan fingerprint density at radius 2 is 1.82 bits per heavy atom. The SMILES string of the molecule is CCOCCN1CCN(C(=O)c2ccc(CN)cc2)CC1.Cl. The summed E-state index contributed by atoms with van der Waals surface area (Å²) in [5.74, 6) is 0.114. The van der Waals surface area contributed by atoms with E-state index in [1.54, 1.807) is 0 Å². The molecular weight excluding hydrogens is 302 g/mol. The molecule has 0 atom stereocenters. The Labute approximate surface area is 138 Å². The molecule has 5 nitrogen and oxygen atoms in total. The van der Waals surface area contributed by atoms with Gasteiger partial charge >= 0.3 is 0 Å². The Bertz CT molecular complexity index is 445. The Hall–Kier alpha value is -1.14. The smallest absolute Gasteiger partial charge is 0.253 e.